The third-order valence-electron chi connectivity index (χ3n) is 2.75. The largest absolute Gasteiger partial charge is 0.480 e. The number of nitrogens with one attached hydrogen (secondary N) is 1. The maximum Gasteiger partial charge on any atom is 0.326 e. The van der Waals surface area contributed by atoms with Gasteiger partial charge in [-0.05, 0) is 24.1 Å². The summed E-state index contributed by atoms with van der Waals surface area (Å²) in [5, 5.41) is 11.4. The number of hydrogen-bond donors (Lipinski definition) is 2. The predicted molar refractivity (Wildman–Crippen MR) is 78.7 cm³/mol. The number of carbonyl (C=O) groups excluding carboxylic acids is 2. The van der Waals surface area contributed by atoms with Gasteiger partial charge in [-0.15, -0.1) is 0 Å². The lowest BCUT2D eigenvalue weighted by Crippen LogP contribution is -2.41. The van der Waals surface area contributed by atoms with Crippen LogP contribution < -0.4 is 5.32 Å². The van der Waals surface area contributed by atoms with Crippen LogP contribution in [0.2, 0.25) is 0 Å². The first kappa shape index (κ1) is 17.2. The number of hydrogen-bond acceptors (Lipinski definition) is 4. The molecule has 1 rings (SSSR count). The summed E-state index contributed by atoms with van der Waals surface area (Å²) in [5.74, 6) is -2.10. The SMILES string of the molecule is COC(=O)CC[C@@H](NC(=O)Cc1cccc(Br)c1)C(=O)O. The summed E-state index contributed by atoms with van der Waals surface area (Å²) < 4.78 is 5.29. The summed E-state index contributed by atoms with van der Waals surface area (Å²) >= 11 is 3.30. The first-order valence-corrected chi connectivity index (χ1v) is 7.05. The highest BCUT2D eigenvalue weighted by Gasteiger charge is 2.21. The molecule has 1 atom stereocenters. The Morgan fingerprint density at radius 3 is 2.67 bits per heavy atom. The smallest absolute Gasteiger partial charge is 0.326 e. The molecule has 0 aliphatic rings. The number of carboxylic acid groups (broad SMARTS) is 1. The lowest BCUT2D eigenvalue weighted by Gasteiger charge is -2.14. The van der Waals surface area contributed by atoms with Gasteiger partial charge < -0.3 is 15.2 Å². The third kappa shape index (κ3) is 6.40. The normalized spacial score (nSPS) is 11.5. The third-order valence-corrected chi connectivity index (χ3v) is 3.25. The summed E-state index contributed by atoms with van der Waals surface area (Å²) in [7, 11) is 1.23. The average Bonchev–Trinajstić information content (AvgIpc) is 2.42. The summed E-state index contributed by atoms with van der Waals surface area (Å²) in [6.45, 7) is 0. The summed E-state index contributed by atoms with van der Waals surface area (Å²) in [6, 6.07) is 6.07. The Labute approximate surface area is 130 Å². The molecular weight excluding hydrogens is 342 g/mol. The van der Waals surface area contributed by atoms with Crippen LogP contribution in [0.5, 0.6) is 0 Å². The Morgan fingerprint density at radius 2 is 2.10 bits per heavy atom. The average molecular weight is 358 g/mol. The van der Waals surface area contributed by atoms with E-state index in [1.807, 2.05) is 6.07 Å². The second kappa shape index (κ2) is 8.41. The van der Waals surface area contributed by atoms with Gasteiger partial charge in [0.15, 0.2) is 0 Å². The first-order valence-electron chi connectivity index (χ1n) is 6.25. The molecule has 1 amide bonds. The molecule has 0 unspecified atom stereocenters. The molecule has 0 saturated heterocycles. The Kier molecular flexibility index (Phi) is 6.87. The zero-order valence-corrected chi connectivity index (χ0v) is 13.1. The molecule has 0 bridgehead atoms. The van der Waals surface area contributed by atoms with Gasteiger partial charge in [0.1, 0.15) is 6.04 Å². The van der Waals surface area contributed by atoms with E-state index < -0.39 is 23.9 Å². The van der Waals surface area contributed by atoms with Gasteiger partial charge in [0.2, 0.25) is 5.91 Å². The predicted octanol–water partition coefficient (Wildman–Crippen LogP) is 1.51. The molecular formula is C14H16BrNO5. The second-order valence-corrected chi connectivity index (χ2v) is 5.30. The highest BCUT2D eigenvalue weighted by molar-refractivity contribution is 9.10. The Hall–Kier alpha value is -1.89. The molecule has 1 aromatic rings. The molecule has 0 spiro atoms. The van der Waals surface area contributed by atoms with E-state index in [1.165, 1.54) is 7.11 Å². The highest BCUT2D eigenvalue weighted by atomic mass is 79.9. The van der Waals surface area contributed by atoms with Gasteiger partial charge in [-0.2, -0.15) is 0 Å². The molecule has 114 valence electrons. The molecule has 0 saturated carbocycles. The molecule has 7 heteroatoms. The number of ether oxygens (including phenoxy) is 1. The van der Waals surface area contributed by atoms with Crippen molar-refractivity contribution in [1.29, 1.82) is 0 Å². The van der Waals surface area contributed by atoms with Crippen LogP contribution in [0.4, 0.5) is 0 Å². The van der Waals surface area contributed by atoms with Gasteiger partial charge >= 0.3 is 11.9 Å². The van der Waals surface area contributed by atoms with Crippen molar-refractivity contribution in [2.45, 2.75) is 25.3 Å². The van der Waals surface area contributed by atoms with E-state index in [-0.39, 0.29) is 19.3 Å². The second-order valence-electron chi connectivity index (χ2n) is 4.38. The number of halogens is 1. The fourth-order valence-corrected chi connectivity index (χ4v) is 2.15. The number of esters is 1. The Morgan fingerprint density at radius 1 is 1.38 bits per heavy atom. The summed E-state index contributed by atoms with van der Waals surface area (Å²) in [4.78, 5) is 33.9. The van der Waals surface area contributed by atoms with Crippen molar-refractivity contribution in [2.24, 2.45) is 0 Å². The molecule has 21 heavy (non-hydrogen) atoms. The molecule has 0 heterocycles. The van der Waals surface area contributed by atoms with E-state index in [4.69, 9.17) is 5.11 Å². The van der Waals surface area contributed by atoms with Gasteiger partial charge in [-0.3, -0.25) is 9.59 Å². The minimum atomic E-state index is -1.18. The number of carbonyl (C=O) groups is 3. The zero-order valence-electron chi connectivity index (χ0n) is 11.5. The van der Waals surface area contributed by atoms with Gasteiger partial charge in [-0.1, -0.05) is 28.1 Å². The van der Waals surface area contributed by atoms with Gasteiger partial charge in [0, 0.05) is 10.9 Å². The van der Waals surface area contributed by atoms with Crippen molar-refractivity contribution >= 4 is 33.8 Å². The summed E-state index contributed by atoms with van der Waals surface area (Å²) in [6.07, 6.45) is -0.00168. The van der Waals surface area contributed by atoms with E-state index in [9.17, 15) is 14.4 Å². The fraction of sp³-hybridized carbons (Fsp3) is 0.357. The van der Waals surface area contributed by atoms with Crippen LogP contribution in [0, 0.1) is 0 Å². The molecule has 0 fully saturated rings. The van der Waals surface area contributed by atoms with E-state index in [0.717, 1.165) is 10.0 Å². The number of methoxy groups -OCH3 is 1. The number of carboxylic acids is 1. The van der Waals surface area contributed by atoms with Crippen LogP contribution in [0.15, 0.2) is 28.7 Å². The van der Waals surface area contributed by atoms with Crippen LogP contribution in [-0.2, 0) is 25.5 Å². The highest BCUT2D eigenvalue weighted by Crippen LogP contribution is 2.12. The molecule has 2 N–H and O–H groups in total. The van der Waals surface area contributed by atoms with E-state index >= 15 is 0 Å². The number of aliphatic carboxylic acids is 1. The lowest BCUT2D eigenvalue weighted by atomic mass is 10.1. The minimum absolute atomic E-state index is 0.00771. The molecule has 0 aliphatic heterocycles. The van der Waals surface area contributed by atoms with Crippen molar-refractivity contribution in [3.63, 3.8) is 0 Å². The van der Waals surface area contributed by atoms with E-state index in [1.54, 1.807) is 18.2 Å². The Balaban J connectivity index is 2.56. The minimum Gasteiger partial charge on any atom is -0.480 e. The standard InChI is InChI=1S/C14H16BrNO5/c1-21-13(18)6-5-11(14(19)20)16-12(17)8-9-3-2-4-10(15)7-9/h2-4,7,11H,5-6,8H2,1H3,(H,16,17)(H,19,20)/t11-/m1/s1. The van der Waals surface area contributed by atoms with E-state index in [0.29, 0.717) is 0 Å². The zero-order chi connectivity index (χ0) is 15.8. The van der Waals surface area contributed by atoms with E-state index in [2.05, 4.69) is 26.0 Å². The van der Waals surface area contributed by atoms with Crippen LogP contribution in [0.1, 0.15) is 18.4 Å². The van der Waals surface area contributed by atoms with Gasteiger partial charge in [0.05, 0.1) is 13.5 Å². The molecule has 6 nitrogen and oxygen atoms in total. The van der Waals surface area contributed by atoms with Crippen molar-refractivity contribution in [3.8, 4) is 0 Å². The topological polar surface area (TPSA) is 92.7 Å². The molecule has 0 radical (unpaired) electrons. The molecule has 1 aromatic carbocycles. The van der Waals surface area contributed by atoms with Crippen molar-refractivity contribution in [2.75, 3.05) is 7.11 Å². The van der Waals surface area contributed by atoms with Crippen molar-refractivity contribution < 1.29 is 24.2 Å². The Bertz CT molecular complexity index is 532. The van der Waals surface area contributed by atoms with Crippen molar-refractivity contribution in [1.82, 2.24) is 5.32 Å². The lowest BCUT2D eigenvalue weighted by molar-refractivity contribution is -0.144. The van der Waals surface area contributed by atoms with Crippen LogP contribution in [0.3, 0.4) is 0 Å². The quantitative estimate of drug-likeness (QED) is 0.721. The summed E-state index contributed by atoms with van der Waals surface area (Å²) in [5.41, 5.74) is 0.763. The maximum absolute atomic E-state index is 11.8. The monoisotopic (exact) mass is 357 g/mol. The number of amides is 1. The molecule has 0 aromatic heterocycles. The fourth-order valence-electron chi connectivity index (χ4n) is 1.70. The first-order chi connectivity index (χ1) is 9.92. The number of benzene rings is 1. The van der Waals surface area contributed by atoms with Gasteiger partial charge in [0.25, 0.3) is 0 Å². The van der Waals surface area contributed by atoms with Crippen molar-refractivity contribution in [3.05, 3.63) is 34.3 Å². The molecule has 0 aliphatic carbocycles. The van der Waals surface area contributed by atoms with Crippen LogP contribution >= 0.6 is 15.9 Å². The van der Waals surface area contributed by atoms with Crippen LogP contribution in [0.25, 0.3) is 0 Å². The maximum atomic E-state index is 11.8. The number of rotatable bonds is 7. The van der Waals surface area contributed by atoms with Gasteiger partial charge in [-0.25, -0.2) is 4.79 Å². The van der Waals surface area contributed by atoms with Crippen LogP contribution in [-0.4, -0.2) is 36.1 Å².